The maximum Gasteiger partial charge on any atom is 0.127 e. The van der Waals surface area contributed by atoms with E-state index in [-0.39, 0.29) is 0 Å². The maximum absolute atomic E-state index is 5.75. The lowest BCUT2D eigenvalue weighted by molar-refractivity contribution is 0.347. The molecule has 3 rings (SSSR count). The smallest absolute Gasteiger partial charge is 0.127 e. The van der Waals surface area contributed by atoms with E-state index in [0.29, 0.717) is 6.04 Å². The maximum atomic E-state index is 5.75. The van der Waals surface area contributed by atoms with E-state index in [4.69, 9.17) is 4.74 Å². The van der Waals surface area contributed by atoms with Crippen LogP contribution in [0, 0.1) is 0 Å². The summed E-state index contributed by atoms with van der Waals surface area (Å²) in [5, 5.41) is 7.05. The first kappa shape index (κ1) is 12.5. The van der Waals surface area contributed by atoms with Crippen LogP contribution in [-0.4, -0.2) is 25.7 Å². The first-order valence-electron chi connectivity index (χ1n) is 6.71. The Morgan fingerprint density at radius 3 is 3.00 bits per heavy atom. The predicted octanol–water partition coefficient (Wildman–Crippen LogP) is 2.23. The van der Waals surface area contributed by atoms with Gasteiger partial charge >= 0.3 is 0 Å². The fourth-order valence-corrected chi connectivity index (χ4v) is 3.31. The van der Waals surface area contributed by atoms with Gasteiger partial charge in [-0.1, -0.05) is 15.9 Å². The van der Waals surface area contributed by atoms with Gasteiger partial charge in [-0.3, -0.25) is 0 Å². The topological polar surface area (TPSA) is 33.3 Å². The van der Waals surface area contributed by atoms with Gasteiger partial charge in [-0.2, -0.15) is 0 Å². The number of nitrogens with one attached hydrogen (secondary N) is 2. The number of fused-ring (bicyclic) bond motifs is 1. The number of piperidine rings is 1. The van der Waals surface area contributed by atoms with Crippen LogP contribution in [0.25, 0.3) is 0 Å². The van der Waals surface area contributed by atoms with Crippen molar-refractivity contribution in [3.8, 4) is 5.75 Å². The molecular formula is C14H19BrN2O. The summed E-state index contributed by atoms with van der Waals surface area (Å²) in [7, 11) is 0. The van der Waals surface area contributed by atoms with Crippen LogP contribution < -0.4 is 15.4 Å². The molecule has 0 radical (unpaired) electrons. The van der Waals surface area contributed by atoms with Gasteiger partial charge in [0, 0.05) is 29.0 Å². The van der Waals surface area contributed by atoms with Gasteiger partial charge in [0.25, 0.3) is 0 Å². The molecule has 2 aliphatic heterocycles. The zero-order valence-electron chi connectivity index (χ0n) is 10.5. The fraction of sp³-hybridized carbons (Fsp3) is 0.571. The van der Waals surface area contributed by atoms with E-state index >= 15 is 0 Å². The van der Waals surface area contributed by atoms with Crippen LogP contribution in [0.5, 0.6) is 5.75 Å². The number of hydrogen-bond donors (Lipinski definition) is 2. The highest BCUT2D eigenvalue weighted by Gasteiger charge is 2.18. The molecule has 2 N–H and O–H groups in total. The Hall–Kier alpha value is -0.580. The molecule has 1 fully saturated rings. The summed E-state index contributed by atoms with van der Waals surface area (Å²) >= 11 is 3.59. The second-order valence-corrected chi connectivity index (χ2v) is 5.97. The molecular weight excluding hydrogens is 292 g/mol. The van der Waals surface area contributed by atoms with Gasteiger partial charge in [-0.05, 0) is 43.6 Å². The van der Waals surface area contributed by atoms with Crippen LogP contribution in [0.3, 0.4) is 0 Å². The predicted molar refractivity (Wildman–Crippen MR) is 76.1 cm³/mol. The van der Waals surface area contributed by atoms with Crippen LogP contribution in [-0.2, 0) is 13.0 Å². The summed E-state index contributed by atoms with van der Waals surface area (Å²) in [5.74, 6) is 1.11. The molecule has 2 aliphatic rings. The summed E-state index contributed by atoms with van der Waals surface area (Å²) in [6, 6.07) is 5.00. The Kier molecular flexibility index (Phi) is 3.87. The van der Waals surface area contributed by atoms with Crippen molar-refractivity contribution in [1.82, 2.24) is 10.6 Å². The minimum atomic E-state index is 0.641. The minimum Gasteiger partial charge on any atom is -0.493 e. The van der Waals surface area contributed by atoms with Crippen LogP contribution in [0.15, 0.2) is 16.6 Å². The van der Waals surface area contributed by atoms with Gasteiger partial charge in [-0.25, -0.2) is 0 Å². The molecule has 3 nitrogen and oxygen atoms in total. The molecule has 0 atom stereocenters. The second-order valence-electron chi connectivity index (χ2n) is 5.06. The Morgan fingerprint density at radius 2 is 2.17 bits per heavy atom. The molecule has 0 saturated carbocycles. The van der Waals surface area contributed by atoms with E-state index in [9.17, 15) is 0 Å². The van der Waals surface area contributed by atoms with E-state index in [1.165, 1.54) is 24.0 Å². The van der Waals surface area contributed by atoms with Gasteiger partial charge in [-0.15, -0.1) is 0 Å². The third kappa shape index (κ3) is 2.71. The molecule has 0 aromatic heterocycles. The second kappa shape index (κ2) is 5.59. The fourth-order valence-electron chi connectivity index (χ4n) is 2.76. The van der Waals surface area contributed by atoms with Crippen molar-refractivity contribution in [2.75, 3.05) is 19.7 Å². The molecule has 1 aromatic carbocycles. The molecule has 0 unspecified atom stereocenters. The largest absolute Gasteiger partial charge is 0.493 e. The Bertz CT molecular complexity index is 430. The van der Waals surface area contributed by atoms with E-state index in [2.05, 4.69) is 38.7 Å². The Morgan fingerprint density at radius 1 is 1.33 bits per heavy atom. The molecule has 0 amide bonds. The molecule has 4 heteroatoms. The normalized spacial score (nSPS) is 19.6. The van der Waals surface area contributed by atoms with E-state index < -0.39 is 0 Å². The lowest BCUT2D eigenvalue weighted by Gasteiger charge is -2.24. The molecule has 1 saturated heterocycles. The molecule has 2 heterocycles. The van der Waals surface area contributed by atoms with Crippen LogP contribution in [0.4, 0.5) is 0 Å². The number of rotatable bonds is 3. The van der Waals surface area contributed by atoms with Gasteiger partial charge in [0.1, 0.15) is 5.75 Å². The molecule has 0 spiro atoms. The first-order valence-corrected chi connectivity index (χ1v) is 7.50. The summed E-state index contributed by atoms with van der Waals surface area (Å²) in [4.78, 5) is 0. The number of hydrogen-bond acceptors (Lipinski definition) is 3. The average molecular weight is 311 g/mol. The third-order valence-corrected chi connectivity index (χ3v) is 4.20. The quantitative estimate of drug-likeness (QED) is 0.898. The SMILES string of the molecule is Brc1cc2c(c(CNC3CCNCC3)c1)OCC2. The lowest BCUT2D eigenvalue weighted by Crippen LogP contribution is -2.39. The van der Waals surface area contributed by atoms with E-state index in [1.54, 1.807) is 0 Å². The van der Waals surface area contributed by atoms with Gasteiger partial charge in [0.2, 0.25) is 0 Å². The molecule has 0 bridgehead atoms. The van der Waals surface area contributed by atoms with Crippen molar-refractivity contribution in [3.63, 3.8) is 0 Å². The first-order chi connectivity index (χ1) is 8.83. The highest BCUT2D eigenvalue weighted by Crippen LogP contribution is 2.33. The van der Waals surface area contributed by atoms with Crippen molar-refractivity contribution in [2.24, 2.45) is 0 Å². The van der Waals surface area contributed by atoms with Crippen molar-refractivity contribution in [1.29, 1.82) is 0 Å². The zero-order chi connectivity index (χ0) is 12.4. The van der Waals surface area contributed by atoms with E-state index in [0.717, 1.165) is 42.9 Å². The molecule has 18 heavy (non-hydrogen) atoms. The standard InChI is InChI=1S/C14H19BrN2O/c15-12-7-10-3-6-18-14(10)11(8-12)9-17-13-1-4-16-5-2-13/h7-8,13,16-17H,1-6,9H2. The monoisotopic (exact) mass is 310 g/mol. The van der Waals surface area contributed by atoms with Crippen molar-refractivity contribution in [2.45, 2.75) is 31.8 Å². The minimum absolute atomic E-state index is 0.641. The highest BCUT2D eigenvalue weighted by molar-refractivity contribution is 9.10. The molecule has 0 aliphatic carbocycles. The highest BCUT2D eigenvalue weighted by atomic mass is 79.9. The number of benzene rings is 1. The van der Waals surface area contributed by atoms with Crippen molar-refractivity contribution < 1.29 is 4.74 Å². The zero-order valence-corrected chi connectivity index (χ0v) is 12.1. The summed E-state index contributed by atoms with van der Waals surface area (Å²) < 4.78 is 6.91. The summed E-state index contributed by atoms with van der Waals surface area (Å²) in [5.41, 5.74) is 2.63. The van der Waals surface area contributed by atoms with Crippen LogP contribution in [0.1, 0.15) is 24.0 Å². The number of ether oxygens (including phenoxy) is 1. The Balaban J connectivity index is 1.68. The average Bonchev–Trinajstić information content (AvgIpc) is 2.85. The third-order valence-electron chi connectivity index (χ3n) is 3.75. The van der Waals surface area contributed by atoms with Crippen LogP contribution >= 0.6 is 15.9 Å². The van der Waals surface area contributed by atoms with Gasteiger partial charge in [0.15, 0.2) is 0 Å². The summed E-state index contributed by atoms with van der Waals surface area (Å²) in [6.45, 7) is 3.99. The number of halogens is 1. The summed E-state index contributed by atoms with van der Waals surface area (Å²) in [6.07, 6.45) is 3.48. The Labute approximate surface area is 116 Å². The van der Waals surface area contributed by atoms with Gasteiger partial charge < -0.3 is 15.4 Å². The van der Waals surface area contributed by atoms with Crippen molar-refractivity contribution in [3.05, 3.63) is 27.7 Å². The lowest BCUT2D eigenvalue weighted by atomic mass is 10.0. The molecule has 1 aromatic rings. The molecule has 98 valence electrons. The van der Waals surface area contributed by atoms with Gasteiger partial charge in [0.05, 0.1) is 6.61 Å². The van der Waals surface area contributed by atoms with Crippen LogP contribution in [0.2, 0.25) is 0 Å². The van der Waals surface area contributed by atoms with E-state index in [1.807, 2.05) is 0 Å². The van der Waals surface area contributed by atoms with Crippen molar-refractivity contribution >= 4 is 15.9 Å².